The first-order valence-electron chi connectivity index (χ1n) is 9.67. The Labute approximate surface area is 167 Å². The average Bonchev–Trinajstić information content (AvgIpc) is 3.26. The number of anilines is 1. The molecule has 1 amide bonds. The number of nitrogens with one attached hydrogen (secondary N) is 1. The molecule has 0 bridgehead atoms. The second kappa shape index (κ2) is 7.05. The van der Waals surface area contributed by atoms with Gasteiger partial charge in [0, 0.05) is 30.1 Å². The zero-order valence-electron chi connectivity index (χ0n) is 15.4. The molecule has 2 fully saturated rings. The van der Waals surface area contributed by atoms with Gasteiger partial charge in [0.05, 0.1) is 6.42 Å². The number of aromatic nitrogens is 4. The van der Waals surface area contributed by atoms with Crippen molar-refractivity contribution < 1.29 is 4.79 Å². The van der Waals surface area contributed by atoms with E-state index in [0.29, 0.717) is 17.4 Å². The molecule has 1 saturated carbocycles. The Morgan fingerprint density at radius 2 is 2.07 bits per heavy atom. The number of rotatable bonds is 5. The highest BCUT2D eigenvalue weighted by Gasteiger charge is 2.30. The molecule has 3 aromatic rings. The minimum absolute atomic E-state index is 0.0207. The van der Waals surface area contributed by atoms with Gasteiger partial charge in [-0.2, -0.15) is 4.52 Å². The molecule has 1 aliphatic carbocycles. The Morgan fingerprint density at radius 1 is 1.18 bits per heavy atom. The van der Waals surface area contributed by atoms with Crippen LogP contribution in [-0.2, 0) is 11.2 Å². The summed E-state index contributed by atoms with van der Waals surface area (Å²) >= 11 is 6.00. The topological polar surface area (TPSA) is 75.4 Å². The second-order valence-corrected chi connectivity index (χ2v) is 8.04. The molecule has 5 rings (SSSR count). The lowest BCUT2D eigenvalue weighted by molar-refractivity contribution is -0.121. The van der Waals surface area contributed by atoms with E-state index < -0.39 is 0 Å². The van der Waals surface area contributed by atoms with Gasteiger partial charge < -0.3 is 10.2 Å². The Morgan fingerprint density at radius 3 is 2.89 bits per heavy atom. The zero-order chi connectivity index (χ0) is 19.1. The molecule has 0 radical (unpaired) electrons. The molecule has 1 atom stereocenters. The largest absolute Gasteiger partial charge is 0.353 e. The highest BCUT2D eigenvalue weighted by atomic mass is 35.5. The van der Waals surface area contributed by atoms with E-state index in [9.17, 15) is 4.79 Å². The van der Waals surface area contributed by atoms with Crippen molar-refractivity contribution in [3.05, 3.63) is 52.8 Å². The monoisotopic (exact) mass is 396 g/mol. The van der Waals surface area contributed by atoms with Crippen molar-refractivity contribution in [2.75, 3.05) is 18.0 Å². The van der Waals surface area contributed by atoms with Crippen LogP contribution in [0, 0.1) is 0 Å². The second-order valence-electron chi connectivity index (χ2n) is 7.60. The van der Waals surface area contributed by atoms with Crippen LogP contribution >= 0.6 is 11.6 Å². The number of fused-ring (bicyclic) bond motifs is 1. The van der Waals surface area contributed by atoms with Crippen LogP contribution in [0.25, 0.3) is 5.65 Å². The molecular weight excluding hydrogens is 376 g/mol. The Hall–Kier alpha value is -2.67. The molecule has 144 valence electrons. The van der Waals surface area contributed by atoms with E-state index in [0.717, 1.165) is 55.2 Å². The van der Waals surface area contributed by atoms with Crippen LogP contribution in [0.3, 0.4) is 0 Å². The van der Waals surface area contributed by atoms with Crippen molar-refractivity contribution in [1.29, 1.82) is 0 Å². The van der Waals surface area contributed by atoms with E-state index in [1.165, 1.54) is 0 Å². The van der Waals surface area contributed by atoms with E-state index in [1.54, 1.807) is 0 Å². The predicted octanol–water partition coefficient (Wildman–Crippen LogP) is 2.59. The number of carbonyl (C=O) groups is 1. The summed E-state index contributed by atoms with van der Waals surface area (Å²) in [4.78, 5) is 14.6. The van der Waals surface area contributed by atoms with Crippen molar-refractivity contribution in [3.63, 3.8) is 0 Å². The molecule has 28 heavy (non-hydrogen) atoms. The van der Waals surface area contributed by atoms with Gasteiger partial charge in [0.1, 0.15) is 5.82 Å². The highest BCUT2D eigenvalue weighted by Crippen LogP contribution is 2.38. The molecular formula is C20H21ClN6O. The van der Waals surface area contributed by atoms with Crippen molar-refractivity contribution in [2.45, 2.75) is 37.6 Å². The van der Waals surface area contributed by atoms with Crippen LogP contribution in [0.2, 0.25) is 5.02 Å². The van der Waals surface area contributed by atoms with E-state index in [2.05, 4.69) is 20.4 Å². The first kappa shape index (κ1) is 17.4. The van der Waals surface area contributed by atoms with Gasteiger partial charge in [-0.25, -0.2) is 0 Å². The van der Waals surface area contributed by atoms with Crippen molar-refractivity contribution >= 4 is 29.0 Å². The minimum Gasteiger partial charge on any atom is -0.353 e. The first-order valence-corrected chi connectivity index (χ1v) is 10.0. The maximum absolute atomic E-state index is 12.4. The van der Waals surface area contributed by atoms with Gasteiger partial charge >= 0.3 is 0 Å². The number of hydrogen-bond donors (Lipinski definition) is 1. The lowest BCUT2D eigenvalue weighted by atomic mass is 10.1. The fourth-order valence-electron chi connectivity index (χ4n) is 3.76. The standard InChI is InChI=1S/C20H21ClN6O/c21-15-3-1-2-13(10-15)11-19(28)22-16-8-9-26(12-16)18-7-6-17-23-24-20(14-4-5-14)27(17)25-18/h1-3,6-7,10,14,16H,4-5,8-9,11-12H2,(H,22,28). The third-order valence-corrected chi connectivity index (χ3v) is 5.58. The van der Waals surface area contributed by atoms with Crippen LogP contribution in [0.1, 0.15) is 36.6 Å². The number of hydrogen-bond acceptors (Lipinski definition) is 5. The van der Waals surface area contributed by atoms with Gasteiger partial charge in [0.2, 0.25) is 5.91 Å². The summed E-state index contributed by atoms with van der Waals surface area (Å²) < 4.78 is 1.87. The molecule has 1 aromatic carbocycles. The lowest BCUT2D eigenvalue weighted by Gasteiger charge is -2.18. The summed E-state index contributed by atoms with van der Waals surface area (Å²) in [6.45, 7) is 1.61. The highest BCUT2D eigenvalue weighted by molar-refractivity contribution is 6.30. The van der Waals surface area contributed by atoms with Gasteiger partial charge in [-0.3, -0.25) is 4.79 Å². The van der Waals surface area contributed by atoms with Crippen molar-refractivity contribution in [2.24, 2.45) is 0 Å². The zero-order valence-corrected chi connectivity index (χ0v) is 16.1. The van der Waals surface area contributed by atoms with Gasteiger partial charge in [-0.15, -0.1) is 15.3 Å². The fourth-order valence-corrected chi connectivity index (χ4v) is 3.97. The van der Waals surface area contributed by atoms with Gasteiger partial charge in [-0.1, -0.05) is 23.7 Å². The summed E-state index contributed by atoms with van der Waals surface area (Å²) in [7, 11) is 0. The van der Waals surface area contributed by atoms with Crippen LogP contribution in [0.4, 0.5) is 5.82 Å². The first-order chi connectivity index (χ1) is 13.7. The Bertz CT molecular complexity index is 1030. The predicted molar refractivity (Wildman–Crippen MR) is 107 cm³/mol. The van der Waals surface area contributed by atoms with E-state index in [1.807, 2.05) is 40.9 Å². The molecule has 7 nitrogen and oxygen atoms in total. The lowest BCUT2D eigenvalue weighted by Crippen LogP contribution is -2.38. The quantitative estimate of drug-likeness (QED) is 0.717. The maximum atomic E-state index is 12.4. The van der Waals surface area contributed by atoms with Gasteiger partial charge in [-0.05, 0) is 49.1 Å². The average molecular weight is 397 g/mol. The minimum atomic E-state index is 0.0207. The normalized spacial score (nSPS) is 19.3. The number of carbonyl (C=O) groups excluding carboxylic acids is 1. The summed E-state index contributed by atoms with van der Waals surface area (Å²) in [6, 6.07) is 11.5. The van der Waals surface area contributed by atoms with E-state index in [4.69, 9.17) is 16.7 Å². The molecule has 2 aromatic heterocycles. The Kier molecular flexibility index (Phi) is 4.39. The van der Waals surface area contributed by atoms with Gasteiger partial charge in [0.15, 0.2) is 11.5 Å². The van der Waals surface area contributed by atoms with Crippen LogP contribution in [0.5, 0.6) is 0 Å². The summed E-state index contributed by atoms with van der Waals surface area (Å²) in [6.07, 6.45) is 3.57. The van der Waals surface area contributed by atoms with Gasteiger partial charge in [0.25, 0.3) is 0 Å². The molecule has 3 heterocycles. The van der Waals surface area contributed by atoms with Crippen LogP contribution < -0.4 is 10.2 Å². The number of benzene rings is 1. The third-order valence-electron chi connectivity index (χ3n) is 5.35. The molecule has 0 spiro atoms. The molecule has 1 aliphatic heterocycles. The molecule has 8 heteroatoms. The molecule has 1 saturated heterocycles. The smallest absolute Gasteiger partial charge is 0.224 e. The molecule has 1 N–H and O–H groups in total. The fraction of sp³-hybridized carbons (Fsp3) is 0.400. The van der Waals surface area contributed by atoms with Crippen LogP contribution in [-0.4, -0.2) is 44.8 Å². The van der Waals surface area contributed by atoms with E-state index in [-0.39, 0.29) is 11.9 Å². The number of nitrogens with zero attached hydrogens (tertiary/aromatic N) is 5. The maximum Gasteiger partial charge on any atom is 0.224 e. The summed E-state index contributed by atoms with van der Waals surface area (Å²) in [5, 5.41) is 17.1. The Balaban J connectivity index is 1.24. The molecule has 1 unspecified atom stereocenters. The summed E-state index contributed by atoms with van der Waals surface area (Å²) in [5.41, 5.74) is 1.71. The molecule has 2 aliphatic rings. The van der Waals surface area contributed by atoms with Crippen molar-refractivity contribution in [1.82, 2.24) is 25.1 Å². The van der Waals surface area contributed by atoms with E-state index >= 15 is 0 Å². The number of halogens is 1. The third kappa shape index (κ3) is 3.54. The SMILES string of the molecule is O=C(Cc1cccc(Cl)c1)NC1CCN(c2ccc3nnc(C4CC4)n3n2)C1. The van der Waals surface area contributed by atoms with Crippen molar-refractivity contribution in [3.8, 4) is 0 Å². The number of amides is 1. The summed E-state index contributed by atoms with van der Waals surface area (Å²) in [5.74, 6) is 2.38. The van der Waals surface area contributed by atoms with Crippen LogP contribution in [0.15, 0.2) is 36.4 Å².